The van der Waals surface area contributed by atoms with E-state index in [0.717, 1.165) is 19.5 Å². The molecule has 0 saturated carbocycles. The van der Waals surface area contributed by atoms with Crippen LogP contribution in [0.2, 0.25) is 0 Å². The Bertz CT molecular complexity index is 606. The highest BCUT2D eigenvalue weighted by Gasteiger charge is 2.28. The summed E-state index contributed by atoms with van der Waals surface area (Å²) in [6.07, 6.45) is 1.03. The standard InChI is InChI=1S/C14H21BrN2O3S/c1-16-6-5-12(8-16)9-17(2)21(19,20)14-4-3-11(10-18)7-13(14)15/h3-4,7,12,18H,5-6,8-10H2,1-2H3. The Morgan fingerprint density at radius 2 is 2.19 bits per heavy atom. The highest BCUT2D eigenvalue weighted by Crippen LogP contribution is 2.27. The molecule has 1 fully saturated rings. The molecule has 1 N–H and O–H groups in total. The molecule has 0 amide bonds. The average Bonchev–Trinajstić information content (AvgIpc) is 2.83. The zero-order chi connectivity index (χ0) is 15.6. The molecule has 1 aromatic rings. The number of hydrogen-bond acceptors (Lipinski definition) is 4. The minimum Gasteiger partial charge on any atom is -0.392 e. The van der Waals surface area contributed by atoms with Gasteiger partial charge in [0, 0.05) is 24.6 Å². The van der Waals surface area contributed by atoms with Crippen LogP contribution in [0.3, 0.4) is 0 Å². The van der Waals surface area contributed by atoms with Crippen LogP contribution in [0.5, 0.6) is 0 Å². The van der Waals surface area contributed by atoms with Crippen molar-refractivity contribution >= 4 is 26.0 Å². The molecule has 0 aromatic heterocycles. The molecule has 1 aromatic carbocycles. The van der Waals surface area contributed by atoms with Crippen LogP contribution in [-0.2, 0) is 16.6 Å². The van der Waals surface area contributed by atoms with Crippen LogP contribution in [0.4, 0.5) is 0 Å². The Morgan fingerprint density at radius 3 is 2.71 bits per heavy atom. The van der Waals surface area contributed by atoms with Gasteiger partial charge >= 0.3 is 0 Å². The van der Waals surface area contributed by atoms with Crippen molar-refractivity contribution in [2.24, 2.45) is 5.92 Å². The number of aliphatic hydroxyl groups excluding tert-OH is 1. The van der Waals surface area contributed by atoms with Crippen molar-refractivity contribution in [2.75, 3.05) is 33.7 Å². The zero-order valence-corrected chi connectivity index (χ0v) is 14.7. The van der Waals surface area contributed by atoms with Crippen molar-refractivity contribution in [3.05, 3.63) is 28.2 Å². The maximum Gasteiger partial charge on any atom is 0.243 e. The van der Waals surface area contributed by atoms with Gasteiger partial charge in [-0.3, -0.25) is 0 Å². The van der Waals surface area contributed by atoms with Gasteiger partial charge in [-0.15, -0.1) is 0 Å². The topological polar surface area (TPSA) is 60.9 Å². The van der Waals surface area contributed by atoms with E-state index < -0.39 is 10.0 Å². The number of hydrogen-bond donors (Lipinski definition) is 1. The first-order chi connectivity index (χ1) is 9.84. The summed E-state index contributed by atoms with van der Waals surface area (Å²) in [6, 6.07) is 4.82. The normalized spacial score (nSPS) is 20.3. The van der Waals surface area contributed by atoms with Gasteiger partial charge in [0.25, 0.3) is 0 Å². The third-order valence-electron chi connectivity index (χ3n) is 3.87. The number of aliphatic hydroxyl groups is 1. The first-order valence-electron chi connectivity index (χ1n) is 6.88. The molecule has 21 heavy (non-hydrogen) atoms. The van der Waals surface area contributed by atoms with Crippen molar-refractivity contribution in [3.8, 4) is 0 Å². The van der Waals surface area contributed by atoms with Crippen molar-refractivity contribution < 1.29 is 13.5 Å². The summed E-state index contributed by atoms with van der Waals surface area (Å²) >= 11 is 3.29. The van der Waals surface area contributed by atoms with Crippen molar-refractivity contribution in [1.82, 2.24) is 9.21 Å². The summed E-state index contributed by atoms with van der Waals surface area (Å²) in [5.74, 6) is 0.380. The van der Waals surface area contributed by atoms with Crippen LogP contribution in [0.1, 0.15) is 12.0 Å². The van der Waals surface area contributed by atoms with E-state index in [1.54, 1.807) is 25.2 Å². The van der Waals surface area contributed by atoms with E-state index in [4.69, 9.17) is 5.11 Å². The van der Waals surface area contributed by atoms with Crippen molar-refractivity contribution in [3.63, 3.8) is 0 Å². The van der Waals surface area contributed by atoms with Gasteiger partial charge in [0.1, 0.15) is 0 Å². The third kappa shape index (κ3) is 3.84. The van der Waals surface area contributed by atoms with E-state index in [1.807, 2.05) is 0 Å². The molecule has 1 atom stereocenters. The predicted molar refractivity (Wildman–Crippen MR) is 85.5 cm³/mol. The second-order valence-corrected chi connectivity index (χ2v) is 8.49. The minimum atomic E-state index is -3.51. The smallest absolute Gasteiger partial charge is 0.243 e. The van der Waals surface area contributed by atoms with Gasteiger partial charge in [0.2, 0.25) is 10.0 Å². The Hall–Kier alpha value is -0.470. The van der Waals surface area contributed by atoms with Gasteiger partial charge in [0.05, 0.1) is 11.5 Å². The third-order valence-corrected chi connectivity index (χ3v) is 6.67. The Kier molecular flexibility index (Phi) is 5.43. The molecule has 1 aliphatic rings. The van der Waals surface area contributed by atoms with E-state index in [-0.39, 0.29) is 11.5 Å². The average molecular weight is 377 g/mol. The zero-order valence-electron chi connectivity index (χ0n) is 12.3. The highest BCUT2D eigenvalue weighted by atomic mass is 79.9. The lowest BCUT2D eigenvalue weighted by Gasteiger charge is -2.21. The molecule has 0 bridgehead atoms. The van der Waals surface area contributed by atoms with Gasteiger partial charge < -0.3 is 10.0 Å². The van der Waals surface area contributed by atoms with Crippen LogP contribution < -0.4 is 0 Å². The van der Waals surface area contributed by atoms with E-state index in [9.17, 15) is 8.42 Å². The molecule has 0 radical (unpaired) electrons. The van der Waals surface area contributed by atoms with Gasteiger partial charge in [0.15, 0.2) is 0 Å². The van der Waals surface area contributed by atoms with Crippen molar-refractivity contribution in [2.45, 2.75) is 17.9 Å². The fraction of sp³-hybridized carbons (Fsp3) is 0.571. The van der Waals surface area contributed by atoms with Crippen molar-refractivity contribution in [1.29, 1.82) is 0 Å². The molecule has 1 heterocycles. The Balaban J connectivity index is 2.17. The van der Waals surface area contributed by atoms with Gasteiger partial charge in [-0.25, -0.2) is 12.7 Å². The SMILES string of the molecule is CN1CCC(CN(C)S(=O)(=O)c2ccc(CO)cc2Br)C1. The molecule has 1 aliphatic heterocycles. The summed E-state index contributed by atoms with van der Waals surface area (Å²) in [7, 11) is 0.166. The molecular weight excluding hydrogens is 356 g/mol. The maximum atomic E-state index is 12.6. The Morgan fingerprint density at radius 1 is 1.48 bits per heavy atom. The van der Waals surface area contributed by atoms with E-state index in [2.05, 4.69) is 27.9 Å². The number of sulfonamides is 1. The summed E-state index contributed by atoms with van der Waals surface area (Å²) in [6.45, 7) is 2.38. The number of halogens is 1. The highest BCUT2D eigenvalue weighted by molar-refractivity contribution is 9.10. The lowest BCUT2D eigenvalue weighted by atomic mass is 10.1. The van der Waals surface area contributed by atoms with Crippen LogP contribution >= 0.6 is 15.9 Å². The number of nitrogens with zero attached hydrogens (tertiary/aromatic N) is 2. The monoisotopic (exact) mass is 376 g/mol. The van der Waals surface area contributed by atoms with Crippen LogP contribution in [0.15, 0.2) is 27.6 Å². The molecular formula is C14H21BrN2O3S. The van der Waals surface area contributed by atoms with Gasteiger partial charge in [-0.1, -0.05) is 6.07 Å². The molecule has 0 aliphatic carbocycles. The van der Waals surface area contributed by atoms with Crippen LogP contribution in [0.25, 0.3) is 0 Å². The molecule has 1 unspecified atom stereocenters. The largest absolute Gasteiger partial charge is 0.392 e. The lowest BCUT2D eigenvalue weighted by Crippen LogP contribution is -2.33. The number of likely N-dealkylation sites (tertiary alicyclic amines) is 1. The minimum absolute atomic E-state index is 0.108. The first-order valence-corrected chi connectivity index (χ1v) is 9.12. The molecule has 1 saturated heterocycles. The number of rotatable bonds is 5. The van der Waals surface area contributed by atoms with E-state index in [1.165, 1.54) is 4.31 Å². The fourth-order valence-corrected chi connectivity index (χ4v) is 4.98. The van der Waals surface area contributed by atoms with E-state index in [0.29, 0.717) is 22.5 Å². The summed E-state index contributed by atoms with van der Waals surface area (Å²) < 4.78 is 27.2. The fourth-order valence-electron chi connectivity index (χ4n) is 2.66. The maximum absolute atomic E-state index is 12.6. The molecule has 0 spiro atoms. The molecule has 118 valence electrons. The Labute approximate surface area is 134 Å². The predicted octanol–water partition coefficient (Wildman–Crippen LogP) is 1.51. The summed E-state index contributed by atoms with van der Waals surface area (Å²) in [5.41, 5.74) is 0.681. The van der Waals surface area contributed by atoms with Gasteiger partial charge in [-0.05, 0) is 59.6 Å². The van der Waals surface area contributed by atoms with Crippen LogP contribution in [-0.4, -0.2) is 56.5 Å². The second kappa shape index (κ2) is 6.75. The van der Waals surface area contributed by atoms with E-state index >= 15 is 0 Å². The molecule has 2 rings (SSSR count). The molecule has 5 nitrogen and oxygen atoms in total. The lowest BCUT2D eigenvalue weighted by molar-refractivity contribution is 0.281. The summed E-state index contributed by atoms with van der Waals surface area (Å²) in [5, 5.41) is 9.09. The second-order valence-electron chi connectivity index (χ2n) is 5.63. The van der Waals surface area contributed by atoms with Gasteiger partial charge in [-0.2, -0.15) is 0 Å². The van der Waals surface area contributed by atoms with Crippen LogP contribution in [0, 0.1) is 5.92 Å². The quantitative estimate of drug-likeness (QED) is 0.845. The molecule has 7 heteroatoms. The first kappa shape index (κ1) is 16.9. The summed E-state index contributed by atoms with van der Waals surface area (Å²) in [4.78, 5) is 2.46. The number of benzene rings is 1.